The molecular formula is C12H11N3. The van der Waals surface area contributed by atoms with Gasteiger partial charge in [-0.2, -0.15) is 0 Å². The van der Waals surface area contributed by atoms with Crippen LogP contribution in [0.1, 0.15) is 0 Å². The molecule has 1 N–H and O–H groups in total. The summed E-state index contributed by atoms with van der Waals surface area (Å²) < 4.78 is 2.10. The summed E-state index contributed by atoms with van der Waals surface area (Å²) in [6, 6.07) is 12.2. The SMILES string of the molecule is Cn1c(-c2ccc[nH]2)nc2ccccc21. The normalized spacial score (nSPS) is 11.0. The van der Waals surface area contributed by atoms with E-state index in [4.69, 9.17) is 0 Å². The van der Waals surface area contributed by atoms with Gasteiger partial charge in [0.25, 0.3) is 0 Å². The van der Waals surface area contributed by atoms with E-state index in [0.717, 1.165) is 22.6 Å². The molecule has 0 aliphatic carbocycles. The molecule has 0 atom stereocenters. The Bertz CT molecular complexity index is 590. The molecule has 3 rings (SSSR count). The summed E-state index contributed by atoms with van der Waals surface area (Å²) in [6.07, 6.45) is 1.91. The number of nitrogens with one attached hydrogen (secondary N) is 1. The lowest BCUT2D eigenvalue weighted by Gasteiger charge is -1.98. The van der Waals surface area contributed by atoms with Crippen LogP contribution in [0.2, 0.25) is 0 Å². The number of imidazole rings is 1. The number of benzene rings is 1. The second-order valence-corrected chi connectivity index (χ2v) is 3.57. The summed E-state index contributed by atoms with van der Waals surface area (Å²) in [5, 5.41) is 0. The van der Waals surface area contributed by atoms with Crippen LogP contribution in [0.4, 0.5) is 0 Å². The van der Waals surface area contributed by atoms with Crippen molar-refractivity contribution in [2.24, 2.45) is 7.05 Å². The Labute approximate surface area is 87.4 Å². The molecule has 2 heterocycles. The Morgan fingerprint density at radius 1 is 1.13 bits per heavy atom. The van der Waals surface area contributed by atoms with Crippen molar-refractivity contribution < 1.29 is 0 Å². The largest absolute Gasteiger partial charge is 0.359 e. The molecule has 0 bridgehead atoms. The van der Waals surface area contributed by atoms with Crippen molar-refractivity contribution in [2.45, 2.75) is 0 Å². The fraction of sp³-hybridized carbons (Fsp3) is 0.0833. The highest BCUT2D eigenvalue weighted by molar-refractivity contribution is 5.79. The van der Waals surface area contributed by atoms with Gasteiger partial charge >= 0.3 is 0 Å². The third-order valence-corrected chi connectivity index (χ3v) is 2.63. The lowest BCUT2D eigenvalue weighted by Crippen LogP contribution is -1.91. The molecule has 0 spiro atoms. The lowest BCUT2D eigenvalue weighted by molar-refractivity contribution is 0.953. The van der Waals surface area contributed by atoms with Gasteiger partial charge in [-0.1, -0.05) is 12.1 Å². The van der Waals surface area contributed by atoms with Crippen molar-refractivity contribution in [3.63, 3.8) is 0 Å². The first-order chi connectivity index (χ1) is 7.36. The molecule has 3 aromatic rings. The topological polar surface area (TPSA) is 33.6 Å². The van der Waals surface area contributed by atoms with E-state index in [1.165, 1.54) is 0 Å². The number of H-pyrrole nitrogens is 1. The molecule has 0 aliphatic heterocycles. The highest BCUT2D eigenvalue weighted by Crippen LogP contribution is 2.21. The van der Waals surface area contributed by atoms with Crippen LogP contribution < -0.4 is 0 Å². The van der Waals surface area contributed by atoms with E-state index in [9.17, 15) is 0 Å². The van der Waals surface area contributed by atoms with E-state index in [1.54, 1.807) is 0 Å². The van der Waals surface area contributed by atoms with Gasteiger partial charge in [-0.05, 0) is 24.3 Å². The minimum atomic E-state index is 0.973. The van der Waals surface area contributed by atoms with Crippen molar-refractivity contribution in [3.05, 3.63) is 42.6 Å². The molecule has 3 heteroatoms. The van der Waals surface area contributed by atoms with E-state index in [-0.39, 0.29) is 0 Å². The quantitative estimate of drug-likeness (QED) is 0.639. The Morgan fingerprint density at radius 3 is 2.73 bits per heavy atom. The zero-order valence-corrected chi connectivity index (χ0v) is 8.44. The van der Waals surface area contributed by atoms with Crippen molar-refractivity contribution in [1.29, 1.82) is 0 Å². The van der Waals surface area contributed by atoms with Crippen molar-refractivity contribution in [1.82, 2.24) is 14.5 Å². The molecular weight excluding hydrogens is 186 g/mol. The third-order valence-electron chi connectivity index (χ3n) is 2.63. The molecule has 0 radical (unpaired) electrons. The second kappa shape index (κ2) is 2.98. The number of aryl methyl sites for hydroxylation is 1. The van der Waals surface area contributed by atoms with Gasteiger partial charge in [-0.15, -0.1) is 0 Å². The molecule has 0 fully saturated rings. The number of hydrogen-bond acceptors (Lipinski definition) is 1. The summed E-state index contributed by atoms with van der Waals surface area (Å²) in [5.74, 6) is 0.973. The van der Waals surface area contributed by atoms with Gasteiger partial charge < -0.3 is 9.55 Å². The van der Waals surface area contributed by atoms with Crippen LogP contribution in [0, 0.1) is 0 Å². The molecule has 0 saturated heterocycles. The second-order valence-electron chi connectivity index (χ2n) is 3.57. The van der Waals surface area contributed by atoms with Crippen LogP contribution in [0.5, 0.6) is 0 Å². The van der Waals surface area contributed by atoms with Crippen molar-refractivity contribution in [2.75, 3.05) is 0 Å². The molecule has 0 amide bonds. The highest BCUT2D eigenvalue weighted by atomic mass is 15.1. The maximum atomic E-state index is 4.59. The summed E-state index contributed by atoms with van der Waals surface area (Å²) in [7, 11) is 2.03. The number of aromatic nitrogens is 3. The molecule has 74 valence electrons. The molecule has 0 saturated carbocycles. The summed E-state index contributed by atoms with van der Waals surface area (Å²) in [5.41, 5.74) is 3.24. The van der Waals surface area contributed by atoms with Gasteiger partial charge in [-0.25, -0.2) is 4.98 Å². The maximum absolute atomic E-state index is 4.59. The molecule has 2 aromatic heterocycles. The number of rotatable bonds is 1. The monoisotopic (exact) mass is 197 g/mol. The summed E-state index contributed by atoms with van der Waals surface area (Å²) >= 11 is 0. The van der Waals surface area contributed by atoms with Crippen LogP contribution in [-0.2, 0) is 7.05 Å². The lowest BCUT2D eigenvalue weighted by atomic mass is 10.3. The minimum Gasteiger partial charge on any atom is -0.359 e. The van der Waals surface area contributed by atoms with Crippen LogP contribution >= 0.6 is 0 Å². The van der Waals surface area contributed by atoms with Gasteiger partial charge in [0.2, 0.25) is 0 Å². The number of hydrogen-bond donors (Lipinski definition) is 1. The first kappa shape index (κ1) is 8.29. The Hall–Kier alpha value is -2.03. The average Bonchev–Trinajstić information content (AvgIpc) is 2.87. The Balaban J connectivity index is 2.33. The molecule has 1 aromatic carbocycles. The predicted octanol–water partition coefficient (Wildman–Crippen LogP) is 2.57. The average molecular weight is 197 g/mol. The zero-order valence-electron chi connectivity index (χ0n) is 8.44. The molecule has 3 nitrogen and oxygen atoms in total. The Morgan fingerprint density at radius 2 is 2.00 bits per heavy atom. The van der Waals surface area contributed by atoms with Gasteiger partial charge in [0, 0.05) is 13.2 Å². The fourth-order valence-corrected chi connectivity index (χ4v) is 1.86. The van der Waals surface area contributed by atoms with E-state index in [2.05, 4.69) is 20.6 Å². The van der Waals surface area contributed by atoms with Crippen LogP contribution in [0.15, 0.2) is 42.6 Å². The molecule has 15 heavy (non-hydrogen) atoms. The van der Waals surface area contributed by atoms with E-state index in [0.29, 0.717) is 0 Å². The van der Waals surface area contributed by atoms with E-state index in [1.807, 2.05) is 43.6 Å². The number of fused-ring (bicyclic) bond motifs is 1. The van der Waals surface area contributed by atoms with E-state index >= 15 is 0 Å². The van der Waals surface area contributed by atoms with Crippen LogP contribution in [0.3, 0.4) is 0 Å². The smallest absolute Gasteiger partial charge is 0.157 e. The third kappa shape index (κ3) is 1.16. The summed E-state index contributed by atoms with van der Waals surface area (Å²) in [6.45, 7) is 0. The number of aromatic amines is 1. The number of para-hydroxylation sites is 2. The maximum Gasteiger partial charge on any atom is 0.157 e. The highest BCUT2D eigenvalue weighted by Gasteiger charge is 2.08. The van der Waals surface area contributed by atoms with Crippen LogP contribution in [-0.4, -0.2) is 14.5 Å². The predicted molar refractivity (Wildman–Crippen MR) is 60.5 cm³/mol. The van der Waals surface area contributed by atoms with Crippen molar-refractivity contribution in [3.8, 4) is 11.5 Å². The minimum absolute atomic E-state index is 0.973. The molecule has 0 aliphatic rings. The number of nitrogens with zero attached hydrogens (tertiary/aromatic N) is 2. The van der Waals surface area contributed by atoms with Gasteiger partial charge in [0.1, 0.15) is 0 Å². The standard InChI is InChI=1S/C12H11N3/c1-15-11-7-3-2-5-9(11)14-12(15)10-6-4-8-13-10/h2-8,13H,1H3. The zero-order chi connectivity index (χ0) is 10.3. The van der Waals surface area contributed by atoms with E-state index < -0.39 is 0 Å². The van der Waals surface area contributed by atoms with Gasteiger partial charge in [0.05, 0.1) is 16.7 Å². The summed E-state index contributed by atoms with van der Waals surface area (Å²) in [4.78, 5) is 7.76. The first-order valence-electron chi connectivity index (χ1n) is 4.91. The van der Waals surface area contributed by atoms with Gasteiger partial charge in [-0.3, -0.25) is 0 Å². The molecule has 0 unspecified atom stereocenters. The van der Waals surface area contributed by atoms with Crippen LogP contribution in [0.25, 0.3) is 22.6 Å². The van der Waals surface area contributed by atoms with Crippen molar-refractivity contribution >= 4 is 11.0 Å². The Kier molecular flexibility index (Phi) is 1.65. The first-order valence-corrected chi connectivity index (χ1v) is 4.91. The fourth-order valence-electron chi connectivity index (χ4n) is 1.86. The van der Waals surface area contributed by atoms with Gasteiger partial charge in [0.15, 0.2) is 5.82 Å².